The monoisotopic (exact) mass is 544 g/mol. The Morgan fingerprint density at radius 1 is 1.08 bits per heavy atom. The number of nitrogens with zero attached hydrogens (tertiary/aromatic N) is 8. The van der Waals surface area contributed by atoms with Gasteiger partial charge >= 0.3 is 6.18 Å². The van der Waals surface area contributed by atoms with Crippen molar-refractivity contribution in [1.82, 2.24) is 29.3 Å². The molecule has 6 rings (SSSR count). The predicted molar refractivity (Wildman–Crippen MR) is 137 cm³/mol. The third-order valence-electron chi connectivity index (χ3n) is 7.10. The Morgan fingerprint density at radius 3 is 2.51 bits per heavy atom. The fourth-order valence-electron chi connectivity index (χ4n) is 5.06. The van der Waals surface area contributed by atoms with Crippen LogP contribution in [0.3, 0.4) is 0 Å². The highest BCUT2D eigenvalue weighted by atomic mass is 19.4. The highest BCUT2D eigenvalue weighted by Gasteiger charge is 2.34. The van der Waals surface area contributed by atoms with Crippen LogP contribution in [0, 0.1) is 5.82 Å². The van der Waals surface area contributed by atoms with Crippen molar-refractivity contribution in [3.05, 3.63) is 47.5 Å². The van der Waals surface area contributed by atoms with E-state index in [0.717, 1.165) is 30.5 Å². The molecule has 1 aromatic carbocycles. The molecule has 1 saturated carbocycles. The molecule has 0 radical (unpaired) electrons. The number of rotatable bonds is 5. The highest BCUT2D eigenvalue weighted by Crippen LogP contribution is 2.38. The van der Waals surface area contributed by atoms with Crippen LogP contribution in [0.2, 0.25) is 0 Å². The van der Waals surface area contributed by atoms with Gasteiger partial charge in [-0.2, -0.15) is 28.2 Å². The van der Waals surface area contributed by atoms with E-state index in [1.165, 1.54) is 0 Å². The van der Waals surface area contributed by atoms with Crippen LogP contribution < -0.4 is 9.80 Å². The lowest BCUT2D eigenvalue weighted by molar-refractivity contribution is -0.137. The topological polar surface area (TPSA) is 77.1 Å². The summed E-state index contributed by atoms with van der Waals surface area (Å²) in [5, 5.41) is 4.48. The average molecular weight is 545 g/mol. The van der Waals surface area contributed by atoms with Gasteiger partial charge < -0.3 is 19.1 Å². The van der Waals surface area contributed by atoms with Crippen molar-refractivity contribution in [3.63, 3.8) is 0 Å². The Hall–Kier alpha value is -3.74. The van der Waals surface area contributed by atoms with Crippen LogP contribution in [0.5, 0.6) is 0 Å². The molecule has 4 aromatic rings. The molecule has 1 aliphatic heterocycles. The normalized spacial score (nSPS) is 20.2. The predicted octanol–water partition coefficient (Wildman–Crippen LogP) is 4.75. The van der Waals surface area contributed by atoms with Crippen molar-refractivity contribution in [2.75, 3.05) is 37.0 Å². The van der Waals surface area contributed by atoms with Gasteiger partial charge in [0.25, 0.3) is 0 Å². The number of benzene rings is 1. The van der Waals surface area contributed by atoms with E-state index in [0.29, 0.717) is 48.3 Å². The summed E-state index contributed by atoms with van der Waals surface area (Å²) in [5.41, 5.74) is 0.726. The van der Waals surface area contributed by atoms with Crippen molar-refractivity contribution in [3.8, 4) is 11.3 Å². The molecule has 2 aliphatic rings. The molecule has 3 aromatic heterocycles. The first-order chi connectivity index (χ1) is 18.5. The largest absolute Gasteiger partial charge is 0.416 e. The molecular formula is C26H28F4N8O. The minimum atomic E-state index is -4.66. The number of fused-ring (bicyclic) bond motifs is 1. The maximum atomic E-state index is 15.2. The summed E-state index contributed by atoms with van der Waals surface area (Å²) in [4.78, 5) is 17.8. The minimum absolute atomic E-state index is 0.0616. The van der Waals surface area contributed by atoms with E-state index >= 15 is 4.39 Å². The number of hydrogen-bond donors (Lipinski definition) is 0. The van der Waals surface area contributed by atoms with Crippen LogP contribution in [0.4, 0.5) is 29.5 Å². The molecular weight excluding hydrogens is 516 g/mol. The van der Waals surface area contributed by atoms with Crippen molar-refractivity contribution in [2.45, 2.75) is 44.2 Å². The second-order valence-electron chi connectivity index (χ2n) is 10.4. The van der Waals surface area contributed by atoms with E-state index in [1.54, 1.807) is 16.5 Å². The van der Waals surface area contributed by atoms with Gasteiger partial charge in [0.05, 0.1) is 30.5 Å². The summed E-state index contributed by atoms with van der Waals surface area (Å²) in [7, 11) is 5.36. The molecule has 2 fully saturated rings. The van der Waals surface area contributed by atoms with E-state index in [-0.39, 0.29) is 23.5 Å². The number of anilines is 2. The summed E-state index contributed by atoms with van der Waals surface area (Å²) in [6.45, 7) is 2.85. The van der Waals surface area contributed by atoms with Gasteiger partial charge in [0.2, 0.25) is 11.9 Å². The molecule has 2 unspecified atom stereocenters. The number of aryl methyl sites for hydroxylation is 1. The Labute approximate surface area is 222 Å². The van der Waals surface area contributed by atoms with Crippen molar-refractivity contribution in [2.24, 2.45) is 7.05 Å². The Bertz CT molecular complexity index is 1540. The number of ether oxygens (including phenoxy) is 1. The zero-order chi connectivity index (χ0) is 27.6. The van der Waals surface area contributed by atoms with E-state index in [1.807, 2.05) is 43.0 Å². The number of morpholine rings is 1. The van der Waals surface area contributed by atoms with Crippen LogP contribution in [0.15, 0.2) is 30.6 Å². The zero-order valence-corrected chi connectivity index (χ0v) is 21.9. The third-order valence-corrected chi connectivity index (χ3v) is 7.10. The lowest BCUT2D eigenvalue weighted by atomic mass is 10.1. The number of imidazole rings is 1. The number of alkyl halides is 3. The standard InChI is InChI=1S/C26H28F4N8O/c1-14-11-37(13-20(39-14)15-10-31-38(12-15)17-6-7-17)24-32-21(18-8-5-16(9-19(18)27)26(28,29)30)22-23(33-24)34-25(35(2)3)36(22)4/h5,8-10,12,14,17,20H,6-7,11,13H2,1-4H3. The maximum absolute atomic E-state index is 15.2. The molecule has 1 saturated heterocycles. The molecule has 0 amide bonds. The Morgan fingerprint density at radius 2 is 1.85 bits per heavy atom. The van der Waals surface area contributed by atoms with E-state index in [4.69, 9.17) is 14.7 Å². The molecule has 0 spiro atoms. The van der Waals surface area contributed by atoms with Crippen molar-refractivity contribution in [1.29, 1.82) is 0 Å². The molecule has 2 atom stereocenters. The Balaban J connectivity index is 1.44. The second-order valence-corrected chi connectivity index (χ2v) is 10.4. The third kappa shape index (κ3) is 4.68. The summed E-state index contributed by atoms with van der Waals surface area (Å²) in [5.74, 6) is -0.176. The van der Waals surface area contributed by atoms with Crippen LogP contribution in [-0.2, 0) is 18.0 Å². The molecule has 0 bridgehead atoms. The molecule has 39 heavy (non-hydrogen) atoms. The van der Waals surface area contributed by atoms with E-state index < -0.39 is 17.6 Å². The SMILES string of the molecule is CC1CN(c2nc(-c3ccc(C(F)(F)F)cc3F)c3c(n2)nc(N(C)C)n3C)CC(c2cnn(C3CC3)c2)O1. The van der Waals surface area contributed by atoms with Gasteiger partial charge in [-0.05, 0) is 38.0 Å². The smallest absolute Gasteiger partial charge is 0.367 e. The minimum Gasteiger partial charge on any atom is -0.367 e. The molecule has 0 N–H and O–H groups in total. The average Bonchev–Trinajstić information content (AvgIpc) is 3.50. The van der Waals surface area contributed by atoms with Crippen LogP contribution >= 0.6 is 0 Å². The van der Waals surface area contributed by atoms with Crippen LogP contribution in [-0.4, -0.2) is 62.6 Å². The van der Waals surface area contributed by atoms with Crippen molar-refractivity contribution < 1.29 is 22.3 Å². The lowest BCUT2D eigenvalue weighted by Crippen LogP contribution is -2.43. The fraction of sp³-hybridized carbons (Fsp3) is 0.462. The number of halogens is 4. The first-order valence-corrected chi connectivity index (χ1v) is 12.7. The molecule has 206 valence electrons. The van der Waals surface area contributed by atoms with Gasteiger partial charge in [-0.25, -0.2) is 9.37 Å². The van der Waals surface area contributed by atoms with E-state index in [2.05, 4.69) is 10.1 Å². The number of hydrogen-bond acceptors (Lipinski definition) is 7. The fourth-order valence-corrected chi connectivity index (χ4v) is 5.06. The Kier molecular flexibility index (Phi) is 6.01. The molecule has 1 aliphatic carbocycles. The van der Waals surface area contributed by atoms with Gasteiger partial charge in [0.1, 0.15) is 23.1 Å². The quantitative estimate of drug-likeness (QED) is 0.336. The van der Waals surface area contributed by atoms with Gasteiger partial charge in [0, 0.05) is 45.0 Å². The first kappa shape index (κ1) is 25.5. The summed E-state index contributed by atoms with van der Waals surface area (Å²) < 4.78 is 64.9. The first-order valence-electron chi connectivity index (χ1n) is 12.7. The highest BCUT2D eigenvalue weighted by molar-refractivity contribution is 5.90. The van der Waals surface area contributed by atoms with Crippen LogP contribution in [0.25, 0.3) is 22.4 Å². The van der Waals surface area contributed by atoms with Gasteiger partial charge in [-0.15, -0.1) is 0 Å². The summed E-state index contributed by atoms with van der Waals surface area (Å²) >= 11 is 0. The number of aromatic nitrogens is 6. The second kappa shape index (κ2) is 9.18. The maximum Gasteiger partial charge on any atom is 0.416 e. The molecule has 9 nitrogen and oxygen atoms in total. The molecule has 4 heterocycles. The molecule has 13 heteroatoms. The zero-order valence-electron chi connectivity index (χ0n) is 21.9. The van der Waals surface area contributed by atoms with Crippen molar-refractivity contribution >= 4 is 23.1 Å². The van der Waals surface area contributed by atoms with Gasteiger partial charge in [-0.1, -0.05) is 0 Å². The lowest BCUT2D eigenvalue weighted by Gasteiger charge is -2.36. The van der Waals surface area contributed by atoms with E-state index in [9.17, 15) is 13.2 Å². The van der Waals surface area contributed by atoms with Gasteiger partial charge in [0.15, 0.2) is 5.65 Å². The van der Waals surface area contributed by atoms with Crippen LogP contribution in [0.1, 0.15) is 43.0 Å². The summed E-state index contributed by atoms with van der Waals surface area (Å²) in [6, 6.07) is 2.91. The summed E-state index contributed by atoms with van der Waals surface area (Å²) in [6.07, 6.45) is 0.939. The van der Waals surface area contributed by atoms with Gasteiger partial charge in [-0.3, -0.25) is 4.68 Å².